The molecule has 0 unspecified atom stereocenters. The number of halogens is 2. The van der Waals surface area contributed by atoms with Crippen molar-refractivity contribution in [1.82, 2.24) is 4.90 Å². The second-order valence-corrected chi connectivity index (χ2v) is 8.73. The van der Waals surface area contributed by atoms with Crippen LogP contribution >= 0.6 is 23.1 Å². The van der Waals surface area contributed by atoms with Crippen LogP contribution in [-0.4, -0.2) is 47.9 Å². The smallest absolute Gasteiger partial charge is 0.387 e. The molecule has 1 aromatic heterocycles. The number of nitrogens with zero attached hydrogens (tertiary/aromatic N) is 1. The highest BCUT2D eigenvalue weighted by Crippen LogP contribution is 2.31. The van der Waals surface area contributed by atoms with Crippen molar-refractivity contribution >= 4 is 40.6 Å². The van der Waals surface area contributed by atoms with Gasteiger partial charge in [0, 0.05) is 35.2 Å². The van der Waals surface area contributed by atoms with E-state index in [2.05, 4.69) is 10.1 Å². The SMILES string of the molecule is Cc1cc(OC(F)F)c(C(=O)Nc2ccc(CC(=O)N3CCSCC3)cc2)s1. The third kappa shape index (κ3) is 5.45. The van der Waals surface area contributed by atoms with Gasteiger partial charge in [-0.2, -0.15) is 20.5 Å². The monoisotopic (exact) mass is 426 g/mol. The third-order valence-corrected chi connectivity index (χ3v) is 6.15. The zero-order valence-corrected chi connectivity index (χ0v) is 16.9. The molecule has 0 saturated carbocycles. The molecule has 2 aromatic rings. The van der Waals surface area contributed by atoms with Gasteiger partial charge in [-0.3, -0.25) is 9.59 Å². The van der Waals surface area contributed by atoms with Crippen LogP contribution in [0.2, 0.25) is 0 Å². The fourth-order valence-corrected chi connectivity index (χ4v) is 4.57. The summed E-state index contributed by atoms with van der Waals surface area (Å²) >= 11 is 2.94. The standard InChI is InChI=1S/C19H20F2N2O3S2/c1-12-10-15(26-19(20)21)17(28-12)18(25)22-14-4-2-13(3-5-14)11-16(24)23-6-8-27-9-7-23/h2-5,10,19H,6-9,11H2,1H3,(H,22,25). The van der Waals surface area contributed by atoms with Gasteiger partial charge in [-0.25, -0.2) is 0 Å². The molecule has 0 spiro atoms. The molecule has 9 heteroatoms. The van der Waals surface area contributed by atoms with Crippen molar-refractivity contribution < 1.29 is 23.1 Å². The van der Waals surface area contributed by atoms with Crippen LogP contribution < -0.4 is 10.1 Å². The first-order chi connectivity index (χ1) is 13.4. The van der Waals surface area contributed by atoms with E-state index >= 15 is 0 Å². The first kappa shape index (κ1) is 20.6. The lowest BCUT2D eigenvalue weighted by molar-refractivity contribution is -0.130. The molecule has 0 aliphatic carbocycles. The molecule has 3 rings (SSSR count). The summed E-state index contributed by atoms with van der Waals surface area (Å²) in [5.74, 6) is 1.40. The van der Waals surface area contributed by atoms with E-state index in [1.807, 2.05) is 16.7 Å². The van der Waals surface area contributed by atoms with Crippen molar-refractivity contribution in [3.63, 3.8) is 0 Å². The van der Waals surface area contributed by atoms with Crippen molar-refractivity contribution in [2.75, 3.05) is 29.9 Å². The molecule has 0 bridgehead atoms. The molecule has 28 heavy (non-hydrogen) atoms. The van der Waals surface area contributed by atoms with E-state index < -0.39 is 12.5 Å². The number of hydrogen-bond donors (Lipinski definition) is 1. The number of thiophene rings is 1. The second-order valence-electron chi connectivity index (χ2n) is 6.25. The minimum absolute atomic E-state index is 0.0972. The molecule has 0 radical (unpaired) electrons. The number of benzene rings is 1. The molecular weight excluding hydrogens is 406 g/mol. The number of ether oxygens (including phenoxy) is 1. The van der Waals surface area contributed by atoms with Crippen LogP contribution in [0.3, 0.4) is 0 Å². The molecule has 1 aliphatic heterocycles. The van der Waals surface area contributed by atoms with Crippen LogP contribution in [0.5, 0.6) is 5.75 Å². The Bertz CT molecular complexity index is 834. The maximum Gasteiger partial charge on any atom is 0.387 e. The Kier molecular flexibility index (Phi) is 6.90. The van der Waals surface area contributed by atoms with Crippen LogP contribution in [0.25, 0.3) is 0 Å². The highest BCUT2D eigenvalue weighted by atomic mass is 32.2. The largest absolute Gasteiger partial charge is 0.433 e. The van der Waals surface area contributed by atoms with Crippen molar-refractivity contribution in [2.45, 2.75) is 20.0 Å². The summed E-state index contributed by atoms with van der Waals surface area (Å²) in [5.41, 5.74) is 1.37. The highest BCUT2D eigenvalue weighted by Gasteiger charge is 2.20. The summed E-state index contributed by atoms with van der Waals surface area (Å²) in [5, 5.41) is 2.68. The van der Waals surface area contributed by atoms with E-state index in [-0.39, 0.29) is 16.5 Å². The maximum atomic E-state index is 12.5. The summed E-state index contributed by atoms with van der Waals surface area (Å²) in [6.45, 7) is 0.282. The number of anilines is 1. The number of amides is 2. The molecule has 5 nitrogen and oxygen atoms in total. The van der Waals surface area contributed by atoms with Gasteiger partial charge in [-0.1, -0.05) is 12.1 Å². The Morgan fingerprint density at radius 2 is 1.89 bits per heavy atom. The van der Waals surface area contributed by atoms with Crippen molar-refractivity contribution in [3.8, 4) is 5.75 Å². The molecule has 1 fully saturated rings. The normalized spacial score (nSPS) is 14.2. The van der Waals surface area contributed by atoms with E-state index in [9.17, 15) is 18.4 Å². The van der Waals surface area contributed by atoms with Crippen molar-refractivity contribution in [3.05, 3.63) is 45.6 Å². The Labute approximate surface area is 170 Å². The first-order valence-electron chi connectivity index (χ1n) is 8.73. The van der Waals surface area contributed by atoms with E-state index in [0.717, 1.165) is 41.5 Å². The Hall–Kier alpha value is -2.13. The molecule has 2 heterocycles. The van der Waals surface area contributed by atoms with Crippen LogP contribution in [0.15, 0.2) is 30.3 Å². The lowest BCUT2D eigenvalue weighted by Crippen LogP contribution is -2.38. The van der Waals surface area contributed by atoms with Gasteiger partial charge in [-0.05, 0) is 30.7 Å². The summed E-state index contributed by atoms with van der Waals surface area (Å²) < 4.78 is 29.4. The summed E-state index contributed by atoms with van der Waals surface area (Å²) in [6.07, 6.45) is 0.315. The predicted molar refractivity (Wildman–Crippen MR) is 108 cm³/mol. The Balaban J connectivity index is 1.61. The fourth-order valence-electron chi connectivity index (χ4n) is 2.83. The van der Waals surface area contributed by atoms with E-state index in [4.69, 9.17) is 0 Å². The number of carbonyl (C=O) groups excluding carboxylic acids is 2. The van der Waals surface area contributed by atoms with Gasteiger partial charge < -0.3 is 15.0 Å². The lowest BCUT2D eigenvalue weighted by Gasteiger charge is -2.26. The van der Waals surface area contributed by atoms with Gasteiger partial charge in [0.05, 0.1) is 6.42 Å². The van der Waals surface area contributed by atoms with E-state index in [0.29, 0.717) is 17.0 Å². The van der Waals surface area contributed by atoms with Gasteiger partial charge in [0.1, 0.15) is 10.6 Å². The molecule has 1 saturated heterocycles. The molecule has 1 aromatic carbocycles. The van der Waals surface area contributed by atoms with Crippen LogP contribution in [-0.2, 0) is 11.2 Å². The number of alkyl halides is 2. The van der Waals surface area contributed by atoms with Gasteiger partial charge in [0.15, 0.2) is 0 Å². The zero-order chi connectivity index (χ0) is 20.1. The number of rotatable bonds is 6. The van der Waals surface area contributed by atoms with Gasteiger partial charge in [-0.15, -0.1) is 11.3 Å². The maximum absolute atomic E-state index is 12.5. The predicted octanol–water partition coefficient (Wildman–Crippen LogP) is 4.03. The van der Waals surface area contributed by atoms with Gasteiger partial charge in [0.2, 0.25) is 5.91 Å². The lowest BCUT2D eigenvalue weighted by atomic mass is 10.1. The number of thioether (sulfide) groups is 1. The zero-order valence-electron chi connectivity index (χ0n) is 15.2. The molecule has 1 aliphatic rings. The fraction of sp³-hybridized carbons (Fsp3) is 0.368. The van der Waals surface area contributed by atoms with E-state index in [1.54, 1.807) is 31.2 Å². The summed E-state index contributed by atoms with van der Waals surface area (Å²) in [6, 6.07) is 8.37. The summed E-state index contributed by atoms with van der Waals surface area (Å²) in [4.78, 5) is 27.4. The van der Waals surface area contributed by atoms with Gasteiger partial charge in [0.25, 0.3) is 5.91 Å². The Morgan fingerprint density at radius 1 is 1.21 bits per heavy atom. The average Bonchev–Trinajstić information content (AvgIpc) is 3.03. The number of carbonyl (C=O) groups is 2. The minimum atomic E-state index is -2.99. The second kappa shape index (κ2) is 9.38. The molecule has 150 valence electrons. The molecule has 1 N–H and O–H groups in total. The van der Waals surface area contributed by atoms with Crippen LogP contribution in [0, 0.1) is 6.92 Å². The average molecular weight is 427 g/mol. The van der Waals surface area contributed by atoms with Gasteiger partial charge >= 0.3 is 6.61 Å². The van der Waals surface area contributed by atoms with Crippen LogP contribution in [0.4, 0.5) is 14.5 Å². The quantitative estimate of drug-likeness (QED) is 0.758. The molecular formula is C19H20F2N2O3S2. The third-order valence-electron chi connectivity index (χ3n) is 4.17. The highest BCUT2D eigenvalue weighted by molar-refractivity contribution is 7.99. The number of nitrogens with one attached hydrogen (secondary N) is 1. The van der Waals surface area contributed by atoms with E-state index in [1.165, 1.54) is 6.07 Å². The van der Waals surface area contributed by atoms with Crippen molar-refractivity contribution in [2.24, 2.45) is 0 Å². The summed E-state index contributed by atoms with van der Waals surface area (Å²) in [7, 11) is 0. The Morgan fingerprint density at radius 3 is 2.54 bits per heavy atom. The van der Waals surface area contributed by atoms with Crippen LogP contribution in [0.1, 0.15) is 20.1 Å². The number of aryl methyl sites for hydroxylation is 1. The van der Waals surface area contributed by atoms with Crippen molar-refractivity contribution in [1.29, 1.82) is 0 Å². The number of hydrogen-bond acceptors (Lipinski definition) is 5. The molecule has 0 atom stereocenters. The topological polar surface area (TPSA) is 58.6 Å². The molecule has 2 amide bonds. The first-order valence-corrected chi connectivity index (χ1v) is 10.7. The minimum Gasteiger partial charge on any atom is -0.433 e.